The van der Waals surface area contributed by atoms with Crippen LogP contribution in [0.15, 0.2) is 35.6 Å². The molecule has 0 fully saturated rings. The van der Waals surface area contributed by atoms with E-state index in [4.69, 9.17) is 16.3 Å². The van der Waals surface area contributed by atoms with E-state index in [0.717, 1.165) is 5.52 Å². The zero-order valence-corrected chi connectivity index (χ0v) is 14.0. The number of imidazole rings is 1. The Bertz CT molecular complexity index is 860. The van der Waals surface area contributed by atoms with E-state index in [1.807, 2.05) is 0 Å². The first-order chi connectivity index (χ1) is 11.6. The fourth-order valence-corrected chi connectivity index (χ4v) is 3.19. The highest BCUT2D eigenvalue weighted by atomic mass is 35.5. The Labute approximate surface area is 145 Å². The average Bonchev–Trinajstić information content (AvgIpc) is 2.94. The first-order valence-electron chi connectivity index (χ1n) is 6.81. The van der Waals surface area contributed by atoms with Crippen molar-refractivity contribution in [1.82, 2.24) is 15.0 Å². The maximum absolute atomic E-state index is 12.3. The number of nitrogens with zero attached hydrogens (tertiary/aromatic N) is 2. The summed E-state index contributed by atoms with van der Waals surface area (Å²) < 4.78 is 34.1. The first-order valence-corrected chi connectivity index (χ1v) is 8.18. The molecule has 2 aromatic heterocycles. The number of halogens is 3. The molecule has 0 unspecified atom stereocenters. The van der Waals surface area contributed by atoms with Gasteiger partial charge in [0.25, 0.3) is 0 Å². The van der Waals surface area contributed by atoms with Gasteiger partial charge in [-0.15, -0.1) is 0 Å². The lowest BCUT2D eigenvalue weighted by atomic mass is 10.3. The minimum absolute atomic E-state index is 0.0683. The number of H-pyrrole nitrogens is 1. The third kappa shape index (κ3) is 3.70. The van der Waals surface area contributed by atoms with Crippen LogP contribution in [-0.4, -0.2) is 28.7 Å². The van der Waals surface area contributed by atoms with Gasteiger partial charge in [-0.05, 0) is 18.2 Å². The van der Waals surface area contributed by atoms with Crippen molar-refractivity contribution in [3.8, 4) is 11.5 Å². The van der Waals surface area contributed by atoms with Crippen LogP contribution in [0.2, 0.25) is 5.02 Å². The van der Waals surface area contributed by atoms with Gasteiger partial charge in [-0.1, -0.05) is 23.4 Å². The second-order valence-corrected chi connectivity index (χ2v) is 6.03. The van der Waals surface area contributed by atoms with Crippen LogP contribution in [0.4, 0.5) is 8.78 Å². The third-order valence-corrected chi connectivity index (χ3v) is 4.32. The number of aromatic nitrogens is 3. The third-order valence-electron chi connectivity index (χ3n) is 3.14. The molecule has 0 bridgehead atoms. The Kier molecular flexibility index (Phi) is 5.06. The Balaban J connectivity index is 1.77. The summed E-state index contributed by atoms with van der Waals surface area (Å²) in [7, 11) is 1.53. The monoisotopic (exact) mass is 371 g/mol. The highest BCUT2D eigenvalue weighted by molar-refractivity contribution is 7.98. The van der Waals surface area contributed by atoms with Gasteiger partial charge in [-0.2, -0.15) is 8.78 Å². The molecule has 5 nitrogen and oxygen atoms in total. The van der Waals surface area contributed by atoms with Crippen molar-refractivity contribution in [2.24, 2.45) is 0 Å². The molecular weight excluding hydrogens is 360 g/mol. The molecule has 0 aliphatic heterocycles. The SMILES string of the molecule is COc1c(Cl)ccnc1CSc1nc2cc(OC(F)F)ccc2[nH]1. The molecule has 0 spiro atoms. The van der Waals surface area contributed by atoms with E-state index in [0.29, 0.717) is 32.9 Å². The Morgan fingerprint density at radius 3 is 2.92 bits per heavy atom. The second kappa shape index (κ2) is 7.23. The fourth-order valence-electron chi connectivity index (χ4n) is 2.13. The summed E-state index contributed by atoms with van der Waals surface area (Å²) in [6.07, 6.45) is 1.60. The molecule has 0 radical (unpaired) electrons. The van der Waals surface area contributed by atoms with Crippen LogP contribution in [0.25, 0.3) is 11.0 Å². The van der Waals surface area contributed by atoms with Gasteiger partial charge in [0.05, 0.1) is 28.9 Å². The highest BCUT2D eigenvalue weighted by Crippen LogP contribution is 2.31. The van der Waals surface area contributed by atoms with Crippen molar-refractivity contribution >= 4 is 34.4 Å². The summed E-state index contributed by atoms with van der Waals surface area (Å²) in [6.45, 7) is -2.86. The number of nitrogens with one attached hydrogen (secondary N) is 1. The molecule has 1 N–H and O–H groups in total. The van der Waals surface area contributed by atoms with Gasteiger partial charge in [0, 0.05) is 18.0 Å². The van der Waals surface area contributed by atoms with Crippen LogP contribution < -0.4 is 9.47 Å². The number of aromatic amines is 1. The van der Waals surface area contributed by atoms with E-state index in [1.54, 1.807) is 18.3 Å². The van der Waals surface area contributed by atoms with Crippen LogP contribution in [0.5, 0.6) is 11.5 Å². The predicted molar refractivity (Wildman–Crippen MR) is 88.1 cm³/mol. The van der Waals surface area contributed by atoms with Crippen LogP contribution in [-0.2, 0) is 5.75 Å². The van der Waals surface area contributed by atoms with Crippen molar-refractivity contribution in [1.29, 1.82) is 0 Å². The van der Waals surface area contributed by atoms with Crippen molar-refractivity contribution in [2.75, 3.05) is 7.11 Å². The zero-order chi connectivity index (χ0) is 17.1. The molecule has 3 rings (SSSR count). The van der Waals surface area contributed by atoms with Gasteiger partial charge in [0.1, 0.15) is 5.75 Å². The average molecular weight is 372 g/mol. The zero-order valence-electron chi connectivity index (χ0n) is 12.4. The Hall–Kier alpha value is -2.06. The number of rotatable bonds is 6. The van der Waals surface area contributed by atoms with Crippen LogP contribution in [0.3, 0.4) is 0 Å². The molecule has 0 saturated carbocycles. The molecule has 2 heterocycles. The van der Waals surface area contributed by atoms with E-state index in [-0.39, 0.29) is 5.75 Å². The molecule has 0 amide bonds. The lowest BCUT2D eigenvalue weighted by Gasteiger charge is -2.07. The van der Waals surface area contributed by atoms with Gasteiger partial charge in [-0.3, -0.25) is 4.98 Å². The largest absolute Gasteiger partial charge is 0.493 e. The van der Waals surface area contributed by atoms with Gasteiger partial charge >= 0.3 is 6.61 Å². The molecule has 0 saturated heterocycles. The predicted octanol–water partition coefficient (Wildman–Crippen LogP) is 4.51. The molecule has 9 heteroatoms. The van der Waals surface area contributed by atoms with Gasteiger partial charge in [0.2, 0.25) is 0 Å². The number of ether oxygens (including phenoxy) is 2. The second-order valence-electron chi connectivity index (χ2n) is 4.66. The summed E-state index contributed by atoms with van der Waals surface area (Å²) in [5.41, 5.74) is 1.96. The number of pyridine rings is 1. The molecule has 0 atom stereocenters. The minimum Gasteiger partial charge on any atom is -0.493 e. The summed E-state index contributed by atoms with van der Waals surface area (Å²) in [6, 6.07) is 6.21. The lowest BCUT2D eigenvalue weighted by molar-refractivity contribution is -0.0497. The number of methoxy groups -OCH3 is 1. The molecule has 0 aliphatic carbocycles. The molecule has 3 aromatic rings. The summed E-state index contributed by atoms with van der Waals surface area (Å²) in [4.78, 5) is 11.7. The summed E-state index contributed by atoms with van der Waals surface area (Å²) >= 11 is 7.46. The normalized spacial score (nSPS) is 11.2. The topological polar surface area (TPSA) is 60.0 Å². The van der Waals surface area contributed by atoms with Crippen molar-refractivity contribution in [3.63, 3.8) is 0 Å². The Morgan fingerprint density at radius 1 is 1.33 bits per heavy atom. The molecular formula is C15H12ClF2N3O2S. The van der Waals surface area contributed by atoms with E-state index >= 15 is 0 Å². The smallest absolute Gasteiger partial charge is 0.387 e. The summed E-state index contributed by atoms with van der Waals surface area (Å²) in [5.74, 6) is 1.08. The number of hydrogen-bond donors (Lipinski definition) is 1. The molecule has 24 heavy (non-hydrogen) atoms. The van der Waals surface area contributed by atoms with E-state index in [9.17, 15) is 8.78 Å². The van der Waals surface area contributed by atoms with Crippen LogP contribution in [0.1, 0.15) is 5.69 Å². The number of hydrogen-bond acceptors (Lipinski definition) is 5. The van der Waals surface area contributed by atoms with E-state index < -0.39 is 6.61 Å². The van der Waals surface area contributed by atoms with Crippen molar-refractivity contribution < 1.29 is 18.3 Å². The maximum Gasteiger partial charge on any atom is 0.387 e. The molecule has 0 aliphatic rings. The van der Waals surface area contributed by atoms with E-state index in [1.165, 1.54) is 31.0 Å². The first kappa shape index (κ1) is 16.8. The summed E-state index contributed by atoms with van der Waals surface area (Å²) in [5, 5.41) is 1.12. The van der Waals surface area contributed by atoms with Crippen molar-refractivity contribution in [2.45, 2.75) is 17.5 Å². The Morgan fingerprint density at radius 2 is 2.17 bits per heavy atom. The lowest BCUT2D eigenvalue weighted by Crippen LogP contribution is -2.01. The number of fused-ring (bicyclic) bond motifs is 1. The van der Waals surface area contributed by atoms with Crippen LogP contribution >= 0.6 is 23.4 Å². The minimum atomic E-state index is -2.86. The molecule has 126 valence electrons. The highest BCUT2D eigenvalue weighted by Gasteiger charge is 2.12. The number of alkyl halides is 2. The molecule has 1 aromatic carbocycles. The van der Waals surface area contributed by atoms with E-state index in [2.05, 4.69) is 19.7 Å². The standard InChI is InChI=1S/C15H12ClF2N3O2S/c1-22-13-9(16)4-5-19-12(13)7-24-15-20-10-3-2-8(23-14(17)18)6-11(10)21-15/h2-6,14H,7H2,1H3,(H,20,21). The quantitative estimate of drug-likeness (QED) is 0.646. The van der Waals surface area contributed by atoms with Gasteiger partial charge in [0.15, 0.2) is 10.9 Å². The number of benzene rings is 1. The van der Waals surface area contributed by atoms with Gasteiger partial charge in [-0.25, -0.2) is 4.98 Å². The maximum atomic E-state index is 12.3. The fraction of sp³-hybridized carbons (Fsp3) is 0.200. The van der Waals surface area contributed by atoms with Crippen LogP contribution in [0, 0.1) is 0 Å². The van der Waals surface area contributed by atoms with Gasteiger partial charge < -0.3 is 14.5 Å². The number of thioether (sulfide) groups is 1. The van der Waals surface area contributed by atoms with Crippen molar-refractivity contribution in [3.05, 3.63) is 41.2 Å².